The van der Waals surface area contributed by atoms with Crippen molar-refractivity contribution < 1.29 is 14.3 Å². The van der Waals surface area contributed by atoms with Crippen molar-refractivity contribution in [3.05, 3.63) is 65.4 Å². The van der Waals surface area contributed by atoms with E-state index in [9.17, 15) is 9.59 Å². The number of rotatable bonds is 6. The van der Waals surface area contributed by atoms with Gasteiger partial charge in [-0.05, 0) is 81.1 Å². The predicted octanol–water partition coefficient (Wildman–Crippen LogP) is 4.97. The summed E-state index contributed by atoms with van der Waals surface area (Å²) in [4.78, 5) is 37.4. The van der Waals surface area contributed by atoms with E-state index in [2.05, 4.69) is 16.8 Å². The zero-order valence-corrected chi connectivity index (χ0v) is 22.0. The van der Waals surface area contributed by atoms with Crippen molar-refractivity contribution in [1.82, 2.24) is 19.7 Å². The first-order valence-corrected chi connectivity index (χ1v) is 13.5. The zero-order valence-electron chi connectivity index (χ0n) is 22.0. The molecular formula is C30H36N4O3. The lowest BCUT2D eigenvalue weighted by molar-refractivity contribution is -0.133. The minimum absolute atomic E-state index is 0.0893. The number of nitrogens with one attached hydrogen (secondary N) is 1. The topological polar surface area (TPSA) is 68.9 Å². The summed E-state index contributed by atoms with van der Waals surface area (Å²) >= 11 is 0. The first-order chi connectivity index (χ1) is 17.9. The summed E-state index contributed by atoms with van der Waals surface area (Å²) < 4.78 is 5.50. The van der Waals surface area contributed by atoms with Gasteiger partial charge in [-0.25, -0.2) is 4.79 Å². The van der Waals surface area contributed by atoms with Crippen molar-refractivity contribution in [2.24, 2.45) is 5.92 Å². The van der Waals surface area contributed by atoms with Gasteiger partial charge < -0.3 is 14.6 Å². The molecule has 2 atom stereocenters. The smallest absolute Gasteiger partial charge is 0.328 e. The van der Waals surface area contributed by atoms with Gasteiger partial charge in [0.1, 0.15) is 17.3 Å². The summed E-state index contributed by atoms with van der Waals surface area (Å²) in [6, 6.07) is 15.5. The second-order valence-electron chi connectivity index (χ2n) is 11.2. The molecule has 2 fully saturated rings. The average Bonchev–Trinajstić information content (AvgIpc) is 3.36. The maximum atomic E-state index is 14.0. The number of hydrogen-bond acceptors (Lipinski definition) is 4. The van der Waals surface area contributed by atoms with Gasteiger partial charge in [-0.3, -0.25) is 14.6 Å². The van der Waals surface area contributed by atoms with Gasteiger partial charge in [0.15, 0.2) is 0 Å². The number of methoxy groups -OCH3 is 1. The molecule has 0 unspecified atom stereocenters. The van der Waals surface area contributed by atoms with Crippen LogP contribution in [0.15, 0.2) is 48.5 Å². The van der Waals surface area contributed by atoms with Gasteiger partial charge in [-0.1, -0.05) is 37.3 Å². The number of likely N-dealkylation sites (tertiary alicyclic amines) is 1. The number of aromatic nitrogens is 1. The number of amides is 3. The first-order valence-electron chi connectivity index (χ1n) is 13.5. The fourth-order valence-corrected chi connectivity index (χ4v) is 6.54. The average molecular weight is 501 g/mol. The summed E-state index contributed by atoms with van der Waals surface area (Å²) in [5.74, 6) is 1.48. The minimum atomic E-state index is -0.941. The number of fused-ring (bicyclic) bond motifs is 4. The number of imide groups is 1. The Bertz CT molecular complexity index is 1330. The third kappa shape index (κ3) is 3.91. The largest absolute Gasteiger partial charge is 0.497 e. The summed E-state index contributed by atoms with van der Waals surface area (Å²) in [7, 11) is 1.66. The molecule has 6 rings (SSSR count). The molecule has 3 amide bonds. The lowest BCUT2D eigenvalue weighted by Crippen LogP contribution is -2.53. The van der Waals surface area contributed by atoms with Crippen LogP contribution in [0.4, 0.5) is 4.79 Å². The molecule has 0 radical (unpaired) electrons. The zero-order chi connectivity index (χ0) is 25.7. The van der Waals surface area contributed by atoms with Gasteiger partial charge in [0.25, 0.3) is 5.91 Å². The Kier molecular flexibility index (Phi) is 5.98. The summed E-state index contributed by atoms with van der Waals surface area (Å²) in [6.45, 7) is 7.85. The Labute approximate surface area is 218 Å². The van der Waals surface area contributed by atoms with Crippen LogP contribution in [-0.4, -0.2) is 70.4 Å². The Morgan fingerprint density at radius 2 is 1.81 bits per heavy atom. The van der Waals surface area contributed by atoms with Crippen molar-refractivity contribution in [3.8, 4) is 5.75 Å². The second kappa shape index (κ2) is 9.21. The third-order valence-electron chi connectivity index (χ3n) is 8.72. The van der Waals surface area contributed by atoms with Crippen molar-refractivity contribution in [1.29, 1.82) is 0 Å². The summed E-state index contributed by atoms with van der Waals surface area (Å²) in [5.41, 5.74) is 3.12. The maximum Gasteiger partial charge on any atom is 0.328 e. The molecule has 3 aliphatic heterocycles. The number of carbonyl (C=O) groups is 2. The standard InChI is InChI=1S/C30H36N4O3/c1-20-12-16-32(17-13-20)14-7-15-33-28(35)30(2)19-24-23-18-22(37-3)10-11-25(23)31-26(24)27(34(30)29(33)36)21-8-5-4-6-9-21/h4-6,8-11,18,20,27,31H,7,12-17,19H2,1-3H3/t27-,30+/m1/s1. The molecule has 7 nitrogen and oxygen atoms in total. The van der Waals surface area contributed by atoms with Crippen molar-refractivity contribution >= 4 is 22.8 Å². The van der Waals surface area contributed by atoms with Gasteiger partial charge in [-0.15, -0.1) is 0 Å². The van der Waals surface area contributed by atoms with Crippen LogP contribution in [0.3, 0.4) is 0 Å². The monoisotopic (exact) mass is 500 g/mol. The fourth-order valence-electron chi connectivity index (χ4n) is 6.54. The van der Waals surface area contributed by atoms with E-state index in [0.29, 0.717) is 13.0 Å². The van der Waals surface area contributed by atoms with E-state index in [1.54, 1.807) is 7.11 Å². The van der Waals surface area contributed by atoms with E-state index >= 15 is 0 Å². The number of ether oxygens (including phenoxy) is 1. The molecule has 0 spiro atoms. The van der Waals surface area contributed by atoms with Crippen LogP contribution in [-0.2, 0) is 11.2 Å². The first kappa shape index (κ1) is 24.0. The number of carbonyl (C=O) groups excluding carboxylic acids is 2. The Morgan fingerprint density at radius 1 is 1.05 bits per heavy atom. The quantitative estimate of drug-likeness (QED) is 0.486. The Balaban J connectivity index is 1.34. The van der Waals surface area contributed by atoms with Crippen LogP contribution in [0.25, 0.3) is 10.9 Å². The van der Waals surface area contributed by atoms with Crippen LogP contribution >= 0.6 is 0 Å². The highest BCUT2D eigenvalue weighted by Gasteiger charge is 2.60. The molecule has 37 heavy (non-hydrogen) atoms. The van der Waals surface area contributed by atoms with Gasteiger partial charge >= 0.3 is 6.03 Å². The number of benzene rings is 2. The van der Waals surface area contributed by atoms with Gasteiger partial charge in [-0.2, -0.15) is 0 Å². The number of urea groups is 1. The molecule has 3 aliphatic rings. The molecule has 2 saturated heterocycles. The second-order valence-corrected chi connectivity index (χ2v) is 11.2. The molecule has 3 aromatic rings. The molecule has 1 N–H and O–H groups in total. The van der Waals surface area contributed by atoms with Gasteiger partial charge in [0.05, 0.1) is 7.11 Å². The van der Waals surface area contributed by atoms with E-state index in [4.69, 9.17) is 4.74 Å². The highest BCUT2D eigenvalue weighted by Crippen LogP contribution is 2.49. The fraction of sp³-hybridized carbons (Fsp3) is 0.467. The van der Waals surface area contributed by atoms with Gasteiger partial charge in [0, 0.05) is 29.6 Å². The number of aromatic amines is 1. The van der Waals surface area contributed by atoms with E-state index < -0.39 is 5.54 Å². The van der Waals surface area contributed by atoms with Crippen molar-refractivity contribution in [2.75, 3.05) is 33.3 Å². The Hall–Kier alpha value is -3.32. The number of piperidine rings is 1. The van der Waals surface area contributed by atoms with Gasteiger partial charge in [0.2, 0.25) is 0 Å². The predicted molar refractivity (Wildman–Crippen MR) is 144 cm³/mol. The maximum absolute atomic E-state index is 14.0. The molecular weight excluding hydrogens is 464 g/mol. The normalized spacial score (nSPS) is 24.6. The molecule has 2 aromatic carbocycles. The molecule has 0 bridgehead atoms. The molecule has 0 saturated carbocycles. The van der Waals surface area contributed by atoms with Crippen LogP contribution in [0.5, 0.6) is 5.75 Å². The van der Waals surface area contributed by atoms with Crippen LogP contribution in [0.2, 0.25) is 0 Å². The minimum Gasteiger partial charge on any atom is -0.497 e. The third-order valence-corrected chi connectivity index (χ3v) is 8.72. The van der Waals surface area contributed by atoms with E-state index in [-0.39, 0.29) is 18.0 Å². The summed E-state index contributed by atoms with van der Waals surface area (Å²) in [6.07, 6.45) is 3.73. The Morgan fingerprint density at radius 3 is 2.54 bits per heavy atom. The van der Waals surface area contributed by atoms with Crippen LogP contribution in [0.1, 0.15) is 56.0 Å². The molecule has 4 heterocycles. The van der Waals surface area contributed by atoms with Crippen LogP contribution < -0.4 is 4.74 Å². The number of H-pyrrole nitrogens is 1. The van der Waals surface area contributed by atoms with E-state index in [1.807, 2.05) is 60.4 Å². The highest BCUT2D eigenvalue weighted by molar-refractivity contribution is 6.08. The van der Waals surface area contributed by atoms with E-state index in [0.717, 1.165) is 65.4 Å². The molecule has 194 valence electrons. The van der Waals surface area contributed by atoms with E-state index in [1.165, 1.54) is 17.7 Å². The molecule has 0 aliphatic carbocycles. The molecule has 7 heteroatoms. The SMILES string of the molecule is COc1ccc2[nH]c3c(c2c1)C[C@@]1(C)C(=O)N(CCCN2CCC(C)CC2)C(=O)N1[C@@H]3c1ccccc1. The van der Waals surface area contributed by atoms with Crippen molar-refractivity contribution in [3.63, 3.8) is 0 Å². The lowest BCUT2D eigenvalue weighted by Gasteiger charge is -2.42. The number of hydrogen-bond donors (Lipinski definition) is 1. The summed E-state index contributed by atoms with van der Waals surface area (Å²) in [5, 5.41) is 1.05. The number of nitrogens with zero attached hydrogens (tertiary/aromatic N) is 3. The molecule has 1 aromatic heterocycles. The highest BCUT2D eigenvalue weighted by atomic mass is 16.5. The van der Waals surface area contributed by atoms with Crippen molar-refractivity contribution in [2.45, 2.75) is 51.1 Å². The lowest BCUT2D eigenvalue weighted by atomic mass is 9.81. The van der Waals surface area contributed by atoms with Crippen LogP contribution in [0, 0.1) is 5.92 Å².